The molecule has 0 aromatic carbocycles. The van der Waals surface area contributed by atoms with Crippen LogP contribution in [0.3, 0.4) is 0 Å². The van der Waals surface area contributed by atoms with E-state index in [0.717, 1.165) is 13.1 Å². The molecule has 1 aliphatic rings. The van der Waals surface area contributed by atoms with Crippen LogP contribution < -0.4 is 10.9 Å². The molecule has 0 atom stereocenters. The van der Waals surface area contributed by atoms with E-state index in [-0.39, 0.29) is 20.4 Å². The monoisotopic (exact) mass is 347 g/mol. The zero-order valence-corrected chi connectivity index (χ0v) is 9.94. The SMILES string of the molecule is O=[N+]([O-])[O-].O=[N+]([O-])[O-].ON1CCNNCC1.[Pd+2]. The summed E-state index contributed by atoms with van der Waals surface area (Å²) in [5.74, 6) is 0. The van der Waals surface area contributed by atoms with E-state index in [2.05, 4.69) is 10.9 Å². The Bertz CT molecular complexity index is 179. The molecule has 0 saturated carbocycles. The Balaban J connectivity index is -0.000000189. The van der Waals surface area contributed by atoms with Crippen molar-refractivity contribution in [1.29, 1.82) is 0 Å². The standard InChI is InChI=1S/C4H11N3O.2NO3.Pd/c8-7-3-1-5-6-2-4-7;2*2-1(3)4;/h5-6,8H,1-4H2;;;/q;2*-1;+2. The summed E-state index contributed by atoms with van der Waals surface area (Å²) in [4.78, 5) is 16.5. The van der Waals surface area contributed by atoms with Crippen LogP contribution in [0.4, 0.5) is 0 Å². The molecule has 1 aliphatic heterocycles. The molecule has 104 valence electrons. The van der Waals surface area contributed by atoms with Crippen LogP contribution in [0.25, 0.3) is 0 Å². The summed E-state index contributed by atoms with van der Waals surface area (Å²) in [6, 6.07) is 0. The molecule has 17 heavy (non-hydrogen) atoms. The number of hydrazine groups is 1. The molecule has 0 bridgehead atoms. The van der Waals surface area contributed by atoms with Crippen molar-refractivity contribution in [2.45, 2.75) is 0 Å². The topological polar surface area (TPSA) is 180 Å². The predicted molar refractivity (Wildman–Crippen MR) is 50.1 cm³/mol. The molecule has 1 rings (SSSR count). The van der Waals surface area contributed by atoms with Gasteiger partial charge < -0.3 is 35.9 Å². The number of nitrogens with zero attached hydrogens (tertiary/aromatic N) is 3. The molecular formula is C4H11N5O7Pd. The summed E-state index contributed by atoms with van der Waals surface area (Å²) in [7, 11) is 0. The molecule has 0 radical (unpaired) electrons. The molecule has 13 heteroatoms. The minimum atomic E-state index is -1.75. The van der Waals surface area contributed by atoms with E-state index in [4.69, 9.17) is 35.9 Å². The molecule has 3 N–H and O–H groups in total. The van der Waals surface area contributed by atoms with Crippen molar-refractivity contribution in [2.24, 2.45) is 0 Å². The number of rotatable bonds is 0. The van der Waals surface area contributed by atoms with E-state index >= 15 is 0 Å². The molecular weight excluding hydrogens is 336 g/mol. The maximum atomic E-state index is 8.84. The van der Waals surface area contributed by atoms with Gasteiger partial charge >= 0.3 is 20.4 Å². The molecule has 0 unspecified atom stereocenters. The molecule has 1 heterocycles. The van der Waals surface area contributed by atoms with Crippen molar-refractivity contribution in [3.05, 3.63) is 30.6 Å². The quantitative estimate of drug-likeness (QED) is 0.259. The second-order valence-corrected chi connectivity index (χ2v) is 2.25. The summed E-state index contributed by atoms with van der Waals surface area (Å²) in [5, 5.41) is 39.6. The van der Waals surface area contributed by atoms with Gasteiger partial charge in [-0.1, -0.05) is 0 Å². The van der Waals surface area contributed by atoms with Crippen LogP contribution in [-0.4, -0.2) is 46.6 Å². The van der Waals surface area contributed by atoms with Gasteiger partial charge in [-0.3, -0.25) is 10.9 Å². The molecule has 0 aliphatic carbocycles. The van der Waals surface area contributed by atoms with E-state index in [9.17, 15) is 0 Å². The first-order valence-corrected chi connectivity index (χ1v) is 3.89. The van der Waals surface area contributed by atoms with Crippen molar-refractivity contribution in [1.82, 2.24) is 15.9 Å². The van der Waals surface area contributed by atoms with Crippen molar-refractivity contribution in [3.8, 4) is 0 Å². The van der Waals surface area contributed by atoms with Crippen molar-refractivity contribution < 1.29 is 35.8 Å². The average molecular weight is 348 g/mol. The van der Waals surface area contributed by atoms with Crippen molar-refractivity contribution in [2.75, 3.05) is 26.2 Å². The largest absolute Gasteiger partial charge is 2.00 e. The van der Waals surface area contributed by atoms with E-state index < -0.39 is 10.2 Å². The van der Waals surface area contributed by atoms with Crippen LogP contribution in [0.2, 0.25) is 0 Å². The van der Waals surface area contributed by atoms with Crippen LogP contribution in [-0.2, 0) is 20.4 Å². The molecule has 1 saturated heterocycles. The fraction of sp³-hybridized carbons (Fsp3) is 1.00. The molecule has 0 spiro atoms. The summed E-state index contributed by atoms with van der Waals surface area (Å²) < 4.78 is 0. The van der Waals surface area contributed by atoms with E-state index in [1.165, 1.54) is 5.06 Å². The Kier molecular flexibility index (Phi) is 18.6. The van der Waals surface area contributed by atoms with Gasteiger partial charge in [-0.05, 0) is 0 Å². The Morgan fingerprint density at radius 1 is 0.941 bits per heavy atom. The molecule has 12 nitrogen and oxygen atoms in total. The smallest absolute Gasteiger partial charge is 0.356 e. The van der Waals surface area contributed by atoms with Crippen molar-refractivity contribution >= 4 is 0 Å². The van der Waals surface area contributed by atoms with Gasteiger partial charge in [-0.25, -0.2) is 0 Å². The summed E-state index contributed by atoms with van der Waals surface area (Å²) in [5.41, 5.74) is 5.85. The maximum Gasteiger partial charge on any atom is 2.00 e. The van der Waals surface area contributed by atoms with E-state index in [1.54, 1.807) is 0 Å². The molecule has 0 amide bonds. The third-order valence-corrected chi connectivity index (χ3v) is 1.11. The number of hydroxylamine groups is 2. The van der Waals surface area contributed by atoms with Gasteiger partial charge in [-0.2, -0.15) is 5.06 Å². The van der Waals surface area contributed by atoms with E-state index in [1.807, 2.05) is 0 Å². The van der Waals surface area contributed by atoms with Gasteiger partial charge in [-0.15, -0.1) is 0 Å². The first-order valence-electron chi connectivity index (χ1n) is 3.89. The zero-order chi connectivity index (χ0) is 13.0. The summed E-state index contributed by atoms with van der Waals surface area (Å²) >= 11 is 0. The van der Waals surface area contributed by atoms with Crippen molar-refractivity contribution in [3.63, 3.8) is 0 Å². The predicted octanol–water partition coefficient (Wildman–Crippen LogP) is -1.70. The van der Waals surface area contributed by atoms with Gasteiger partial charge in [0.2, 0.25) is 0 Å². The minimum Gasteiger partial charge on any atom is -0.356 e. The normalized spacial score (nSPS) is 14.6. The Hall–Kier alpha value is -1.10. The molecule has 0 aromatic rings. The number of hydrogen-bond acceptors (Lipinski definition) is 10. The van der Waals surface area contributed by atoms with Gasteiger partial charge in [0, 0.05) is 26.2 Å². The van der Waals surface area contributed by atoms with Gasteiger partial charge in [0.1, 0.15) is 0 Å². The van der Waals surface area contributed by atoms with Crippen LogP contribution in [0, 0.1) is 30.6 Å². The maximum absolute atomic E-state index is 8.84. The van der Waals surface area contributed by atoms with Crippen LogP contribution in [0.1, 0.15) is 0 Å². The summed E-state index contributed by atoms with van der Waals surface area (Å²) in [6.45, 7) is 3.01. The van der Waals surface area contributed by atoms with Gasteiger partial charge in [0.25, 0.3) is 0 Å². The van der Waals surface area contributed by atoms with Crippen LogP contribution in [0.15, 0.2) is 0 Å². The second-order valence-electron chi connectivity index (χ2n) is 2.25. The fourth-order valence-electron chi connectivity index (χ4n) is 0.658. The van der Waals surface area contributed by atoms with Crippen LogP contribution in [0.5, 0.6) is 0 Å². The molecule has 0 aromatic heterocycles. The van der Waals surface area contributed by atoms with Gasteiger partial charge in [0.15, 0.2) is 0 Å². The summed E-state index contributed by atoms with van der Waals surface area (Å²) in [6.07, 6.45) is 0. The van der Waals surface area contributed by atoms with E-state index in [0.29, 0.717) is 13.1 Å². The first-order chi connectivity index (χ1) is 7.36. The third-order valence-electron chi connectivity index (χ3n) is 1.11. The second kappa shape index (κ2) is 14.9. The van der Waals surface area contributed by atoms with Gasteiger partial charge in [0.05, 0.1) is 10.2 Å². The Labute approximate surface area is 109 Å². The Morgan fingerprint density at radius 2 is 1.18 bits per heavy atom. The minimum absolute atomic E-state index is 0. The zero-order valence-electron chi connectivity index (χ0n) is 8.38. The Morgan fingerprint density at radius 3 is 1.41 bits per heavy atom. The molecule has 1 fully saturated rings. The number of nitrogens with one attached hydrogen (secondary N) is 2. The fourth-order valence-corrected chi connectivity index (χ4v) is 0.658. The van der Waals surface area contributed by atoms with Crippen LogP contribution >= 0.6 is 0 Å². The third kappa shape index (κ3) is 39.7. The number of hydrogen-bond donors (Lipinski definition) is 3. The average Bonchev–Trinajstić information content (AvgIpc) is 2.30. The first kappa shape index (κ1) is 21.2.